The van der Waals surface area contributed by atoms with E-state index in [1.54, 1.807) is 36.1 Å². The summed E-state index contributed by atoms with van der Waals surface area (Å²) in [6, 6.07) is 25.4. The van der Waals surface area contributed by atoms with Gasteiger partial charge in [0.15, 0.2) is 0 Å². The Morgan fingerprint density at radius 1 is 0.929 bits per heavy atom. The van der Waals surface area contributed by atoms with E-state index >= 15 is 0 Å². The van der Waals surface area contributed by atoms with Crippen molar-refractivity contribution in [3.63, 3.8) is 0 Å². The van der Waals surface area contributed by atoms with Crippen molar-refractivity contribution in [1.82, 2.24) is 15.1 Å². The van der Waals surface area contributed by atoms with Gasteiger partial charge in [-0.2, -0.15) is 0 Å². The molecule has 0 bridgehead atoms. The average molecular weight is 570 g/mol. The Kier molecular flexibility index (Phi) is 8.94. The number of cyclic esters (lactones) is 1. The minimum atomic E-state index is -0.823. The number of aliphatic carboxylic acids is 1. The van der Waals surface area contributed by atoms with Crippen LogP contribution >= 0.6 is 0 Å². The lowest BCUT2D eigenvalue weighted by Gasteiger charge is -2.37. The van der Waals surface area contributed by atoms with Crippen molar-refractivity contribution >= 4 is 29.5 Å². The highest BCUT2D eigenvalue weighted by Crippen LogP contribution is 2.26. The lowest BCUT2D eigenvalue weighted by molar-refractivity contribution is -0.143. The molecule has 0 saturated carbocycles. The van der Waals surface area contributed by atoms with Crippen LogP contribution in [0.3, 0.4) is 0 Å². The molecule has 3 aromatic rings. The van der Waals surface area contributed by atoms with Crippen LogP contribution in [0.1, 0.15) is 29.5 Å². The monoisotopic (exact) mass is 569 g/mol. The molecule has 2 aliphatic rings. The Bertz CT molecular complexity index is 1370. The van der Waals surface area contributed by atoms with Gasteiger partial charge in [0.2, 0.25) is 5.91 Å². The third-order valence-corrected chi connectivity index (χ3v) is 7.89. The van der Waals surface area contributed by atoms with Gasteiger partial charge in [-0.3, -0.25) is 29.7 Å². The second-order valence-electron chi connectivity index (χ2n) is 10.6. The Balaban J connectivity index is 1.18. The van der Waals surface area contributed by atoms with Crippen molar-refractivity contribution in [3.05, 3.63) is 102 Å². The number of carboxylic acid groups (broad SMARTS) is 1. The summed E-state index contributed by atoms with van der Waals surface area (Å²) in [5.74, 6) is -1.71. The zero-order chi connectivity index (χ0) is 29.6. The average Bonchev–Trinajstić information content (AvgIpc) is 3.37. The highest BCUT2D eigenvalue weighted by molar-refractivity contribution is 6.08. The maximum Gasteiger partial charge on any atom is 0.414 e. The number of carbonyl (C=O) groups excluding carboxylic acids is 2. The molecule has 2 unspecified atom stereocenters. The first kappa shape index (κ1) is 29.0. The number of hydrogen-bond acceptors (Lipinski definition) is 7. The van der Waals surface area contributed by atoms with Crippen LogP contribution in [0.25, 0.3) is 0 Å². The van der Waals surface area contributed by atoms with E-state index in [1.165, 1.54) is 0 Å². The molecule has 2 aliphatic heterocycles. The zero-order valence-electron chi connectivity index (χ0n) is 23.5. The molecule has 2 heterocycles. The fourth-order valence-corrected chi connectivity index (χ4v) is 5.47. The Labute approximate surface area is 245 Å². The summed E-state index contributed by atoms with van der Waals surface area (Å²) in [7, 11) is 0. The van der Waals surface area contributed by atoms with Gasteiger partial charge >= 0.3 is 12.1 Å². The maximum absolute atomic E-state index is 13.4. The third kappa shape index (κ3) is 6.67. The standard InChI is InChI=1S/C32H35N5O5/c1-22(31(39)40)36-18-16-35(17-19-36)20-27-21-37(32(41)42-27)26-14-12-25(13-15-26)29(33)34-30(38)28(23-8-4-2-5-9-23)24-10-6-3-7-11-24/h2-15,22,27-28H,16-21H2,1H3,(H,39,40)(H2,33,34,38). The number of piperazine rings is 1. The summed E-state index contributed by atoms with van der Waals surface area (Å²) < 4.78 is 5.62. The van der Waals surface area contributed by atoms with Crippen molar-refractivity contribution in [2.24, 2.45) is 0 Å². The molecule has 0 aliphatic carbocycles. The van der Waals surface area contributed by atoms with Crippen molar-refractivity contribution in [1.29, 1.82) is 5.41 Å². The van der Waals surface area contributed by atoms with E-state index in [0.29, 0.717) is 50.5 Å². The van der Waals surface area contributed by atoms with Crippen molar-refractivity contribution in [2.75, 3.05) is 44.2 Å². The fraction of sp³-hybridized carbons (Fsp3) is 0.312. The number of hydrogen-bond donors (Lipinski definition) is 3. The maximum atomic E-state index is 13.4. The van der Waals surface area contributed by atoms with E-state index < -0.39 is 24.0 Å². The van der Waals surface area contributed by atoms with Gasteiger partial charge in [-0.15, -0.1) is 0 Å². The Morgan fingerprint density at radius 2 is 1.50 bits per heavy atom. The van der Waals surface area contributed by atoms with Crippen LogP contribution in [0, 0.1) is 5.41 Å². The lowest BCUT2D eigenvalue weighted by Crippen LogP contribution is -2.53. The molecule has 10 heteroatoms. The molecule has 218 valence electrons. The summed E-state index contributed by atoms with van der Waals surface area (Å²) in [4.78, 5) is 43.0. The van der Waals surface area contributed by atoms with E-state index in [2.05, 4.69) is 10.2 Å². The molecule has 2 amide bonds. The second kappa shape index (κ2) is 13.0. The van der Waals surface area contributed by atoms with Gasteiger partial charge in [-0.1, -0.05) is 60.7 Å². The van der Waals surface area contributed by atoms with Gasteiger partial charge in [0, 0.05) is 44.0 Å². The quantitative estimate of drug-likeness (QED) is 0.266. The SMILES string of the molecule is CC(C(=O)O)N1CCN(CC2CN(c3ccc(C(=N)NC(=O)C(c4ccccc4)c4ccccc4)cc3)C(=O)O2)CC1. The highest BCUT2D eigenvalue weighted by atomic mass is 16.6. The number of nitrogens with zero attached hydrogens (tertiary/aromatic N) is 3. The predicted molar refractivity (Wildman–Crippen MR) is 159 cm³/mol. The van der Waals surface area contributed by atoms with Crippen LogP contribution in [0.5, 0.6) is 0 Å². The fourth-order valence-electron chi connectivity index (χ4n) is 5.47. The number of amidine groups is 1. The molecular formula is C32H35N5O5. The van der Waals surface area contributed by atoms with Crippen LogP contribution in [-0.2, 0) is 14.3 Å². The van der Waals surface area contributed by atoms with Gasteiger partial charge in [-0.25, -0.2) is 4.79 Å². The van der Waals surface area contributed by atoms with E-state index in [0.717, 1.165) is 11.1 Å². The minimum Gasteiger partial charge on any atom is -0.480 e. The molecule has 2 fully saturated rings. The van der Waals surface area contributed by atoms with E-state index in [-0.39, 0.29) is 17.8 Å². The molecule has 10 nitrogen and oxygen atoms in total. The predicted octanol–water partition coefficient (Wildman–Crippen LogP) is 3.38. The van der Waals surface area contributed by atoms with Crippen LogP contribution in [0.4, 0.5) is 10.5 Å². The van der Waals surface area contributed by atoms with Gasteiger partial charge in [-0.05, 0) is 42.3 Å². The van der Waals surface area contributed by atoms with Crippen molar-refractivity contribution in [2.45, 2.75) is 25.0 Å². The number of amides is 2. The molecule has 0 radical (unpaired) electrons. The molecule has 0 spiro atoms. The summed E-state index contributed by atoms with van der Waals surface area (Å²) in [5.41, 5.74) is 2.84. The summed E-state index contributed by atoms with van der Waals surface area (Å²) >= 11 is 0. The molecule has 3 aromatic carbocycles. The molecule has 2 saturated heterocycles. The summed E-state index contributed by atoms with van der Waals surface area (Å²) in [5, 5.41) is 20.6. The molecule has 3 N–H and O–H groups in total. The first-order valence-electron chi connectivity index (χ1n) is 14.1. The molecule has 0 aromatic heterocycles. The van der Waals surface area contributed by atoms with E-state index in [1.807, 2.05) is 65.6 Å². The van der Waals surface area contributed by atoms with Gasteiger partial charge in [0.05, 0.1) is 12.5 Å². The molecule has 2 atom stereocenters. The molecule has 5 rings (SSSR count). The Morgan fingerprint density at radius 3 is 2.05 bits per heavy atom. The normalized spacial score (nSPS) is 18.5. The number of carbonyl (C=O) groups is 3. The number of anilines is 1. The largest absolute Gasteiger partial charge is 0.480 e. The molecule has 42 heavy (non-hydrogen) atoms. The van der Waals surface area contributed by atoms with Crippen LogP contribution in [-0.4, -0.2) is 90.1 Å². The topological polar surface area (TPSA) is 126 Å². The number of ether oxygens (including phenoxy) is 1. The minimum absolute atomic E-state index is 0.0263. The van der Waals surface area contributed by atoms with Crippen LogP contribution in [0.15, 0.2) is 84.9 Å². The number of benzene rings is 3. The third-order valence-electron chi connectivity index (χ3n) is 7.89. The van der Waals surface area contributed by atoms with Crippen LogP contribution in [0.2, 0.25) is 0 Å². The first-order valence-corrected chi connectivity index (χ1v) is 14.1. The van der Waals surface area contributed by atoms with Crippen molar-refractivity contribution in [3.8, 4) is 0 Å². The van der Waals surface area contributed by atoms with Gasteiger partial charge < -0.3 is 15.2 Å². The van der Waals surface area contributed by atoms with Crippen LogP contribution < -0.4 is 10.2 Å². The number of carboxylic acids is 1. The zero-order valence-corrected chi connectivity index (χ0v) is 23.5. The Hall–Kier alpha value is -4.54. The molecular weight excluding hydrogens is 534 g/mol. The van der Waals surface area contributed by atoms with E-state index in [9.17, 15) is 19.5 Å². The second-order valence-corrected chi connectivity index (χ2v) is 10.6. The number of nitrogens with one attached hydrogen (secondary N) is 2. The van der Waals surface area contributed by atoms with E-state index in [4.69, 9.17) is 10.1 Å². The number of rotatable bonds is 9. The van der Waals surface area contributed by atoms with Gasteiger partial charge in [0.1, 0.15) is 18.0 Å². The van der Waals surface area contributed by atoms with Crippen molar-refractivity contribution < 1.29 is 24.2 Å². The van der Waals surface area contributed by atoms with Gasteiger partial charge in [0.25, 0.3) is 0 Å². The summed E-state index contributed by atoms with van der Waals surface area (Å²) in [6.07, 6.45) is -0.728. The smallest absolute Gasteiger partial charge is 0.414 e. The first-order chi connectivity index (χ1) is 20.3. The highest BCUT2D eigenvalue weighted by Gasteiger charge is 2.35. The lowest BCUT2D eigenvalue weighted by atomic mass is 9.90. The summed E-state index contributed by atoms with van der Waals surface area (Å²) in [6.45, 7) is 5.40.